The number of hydrogen-bond donors (Lipinski definition) is 0. The number of benzene rings is 3. The summed E-state index contributed by atoms with van der Waals surface area (Å²) in [5, 5.41) is 4.56. The molecule has 1 unspecified atom stereocenters. The number of oxime groups is 1. The summed E-state index contributed by atoms with van der Waals surface area (Å²) in [6.45, 7) is 3.63. The Morgan fingerprint density at radius 2 is 1.95 bits per heavy atom. The molecule has 0 aromatic heterocycles. The molecule has 0 saturated carbocycles. The zero-order valence-electron chi connectivity index (χ0n) is 24.4. The van der Waals surface area contributed by atoms with Gasteiger partial charge in [0.2, 0.25) is 0 Å². The molecule has 9 nitrogen and oxygen atoms in total. The fraction of sp³-hybridized carbons (Fsp3) is 0.303. The number of ether oxygens (including phenoxy) is 2. The van der Waals surface area contributed by atoms with Crippen LogP contribution < -0.4 is 14.4 Å². The number of nitrogens with zero attached hydrogens (tertiary/aromatic N) is 5. The van der Waals surface area contributed by atoms with E-state index in [1.807, 2.05) is 24.5 Å². The SMILES string of the molecule is COc1cc(/C=C2\CCCN3C2=NO[C@]3(CN(C)C(=O)Oc2ccccc2)c2ccc(F)cc2)ccc1N1C=NC(C)C1. The number of hydrogen-bond acceptors (Lipinski definition) is 8. The molecule has 3 aliphatic rings. The van der Waals surface area contributed by atoms with Gasteiger partial charge in [-0.3, -0.25) is 4.99 Å². The Bertz CT molecular complexity index is 1580. The Morgan fingerprint density at radius 3 is 2.67 bits per heavy atom. The molecule has 6 rings (SSSR count). The lowest BCUT2D eigenvalue weighted by Crippen LogP contribution is -2.55. The molecule has 3 aromatic carbocycles. The zero-order valence-corrected chi connectivity index (χ0v) is 24.4. The zero-order chi connectivity index (χ0) is 30.0. The van der Waals surface area contributed by atoms with Crippen molar-refractivity contribution in [3.8, 4) is 11.5 Å². The number of piperidine rings is 1. The highest BCUT2D eigenvalue weighted by Gasteiger charge is 2.51. The first-order valence-corrected chi connectivity index (χ1v) is 14.3. The molecule has 0 bridgehead atoms. The van der Waals surface area contributed by atoms with E-state index in [9.17, 15) is 9.18 Å². The number of fused-ring (bicyclic) bond motifs is 1. The number of carbonyl (C=O) groups is 1. The lowest BCUT2D eigenvalue weighted by molar-refractivity contribution is -0.118. The van der Waals surface area contributed by atoms with Gasteiger partial charge >= 0.3 is 6.09 Å². The Morgan fingerprint density at radius 1 is 1.16 bits per heavy atom. The maximum atomic E-state index is 14.0. The van der Waals surface area contributed by atoms with Gasteiger partial charge in [0.25, 0.3) is 5.72 Å². The molecular weight excluding hydrogens is 549 g/mol. The van der Waals surface area contributed by atoms with Crippen molar-refractivity contribution in [2.75, 3.05) is 38.7 Å². The van der Waals surface area contributed by atoms with Gasteiger partial charge in [-0.1, -0.05) is 29.4 Å². The summed E-state index contributed by atoms with van der Waals surface area (Å²) in [6.07, 6.45) is 5.04. The van der Waals surface area contributed by atoms with Crippen molar-refractivity contribution in [1.82, 2.24) is 9.80 Å². The smallest absolute Gasteiger partial charge is 0.415 e. The van der Waals surface area contributed by atoms with E-state index in [-0.39, 0.29) is 18.4 Å². The second kappa shape index (κ2) is 11.8. The number of aliphatic imine (C=N–C) groups is 1. The van der Waals surface area contributed by atoms with Gasteiger partial charge < -0.3 is 29.0 Å². The van der Waals surface area contributed by atoms with Gasteiger partial charge in [-0.15, -0.1) is 0 Å². The summed E-state index contributed by atoms with van der Waals surface area (Å²) in [4.78, 5) is 29.4. The fourth-order valence-electron chi connectivity index (χ4n) is 5.72. The topological polar surface area (TPSA) is 79.2 Å². The molecule has 3 heterocycles. The number of amides is 1. The normalized spacial score (nSPS) is 21.8. The van der Waals surface area contributed by atoms with Gasteiger partial charge in [-0.25, -0.2) is 9.18 Å². The molecule has 1 fully saturated rings. The highest BCUT2D eigenvalue weighted by Crippen LogP contribution is 2.41. The van der Waals surface area contributed by atoms with Crippen LogP contribution in [0.5, 0.6) is 11.5 Å². The number of rotatable bonds is 7. The summed E-state index contributed by atoms with van der Waals surface area (Å²) < 4.78 is 25.3. The summed E-state index contributed by atoms with van der Waals surface area (Å²) in [5.74, 6) is 1.52. The molecule has 2 atom stereocenters. The molecule has 0 N–H and O–H groups in total. The third-order valence-corrected chi connectivity index (χ3v) is 7.87. The average Bonchev–Trinajstić information content (AvgIpc) is 3.62. The van der Waals surface area contributed by atoms with Crippen molar-refractivity contribution >= 4 is 30.0 Å². The van der Waals surface area contributed by atoms with E-state index in [0.717, 1.165) is 42.0 Å². The van der Waals surface area contributed by atoms with E-state index in [2.05, 4.69) is 39.0 Å². The molecule has 222 valence electrons. The number of para-hydroxylation sites is 1. The summed E-state index contributed by atoms with van der Waals surface area (Å²) >= 11 is 0. The standard InChI is InChI=1S/C33H34FN5O4/c1-23-20-38(22-35-23)29-16-11-24(19-30(29)41-3)18-25-8-7-17-39-31(25)36-43-33(39,26-12-14-27(34)15-13-26)21-37(2)32(40)42-28-9-5-4-6-10-28/h4-6,9-16,18-19,22-23H,7-8,17,20-21H2,1-3H3/b25-18+/t23?,33-/m1/s1. The molecule has 0 radical (unpaired) electrons. The lowest BCUT2D eigenvalue weighted by atomic mass is 9.94. The fourth-order valence-corrected chi connectivity index (χ4v) is 5.72. The van der Waals surface area contributed by atoms with Crippen LogP contribution in [0, 0.1) is 5.82 Å². The predicted octanol–water partition coefficient (Wildman–Crippen LogP) is 5.88. The van der Waals surface area contributed by atoms with Crippen LogP contribution in [0.4, 0.5) is 14.9 Å². The highest BCUT2D eigenvalue weighted by atomic mass is 19.1. The van der Waals surface area contributed by atoms with Gasteiger partial charge in [-0.2, -0.15) is 0 Å². The van der Waals surface area contributed by atoms with Crippen molar-refractivity contribution in [1.29, 1.82) is 0 Å². The van der Waals surface area contributed by atoms with Crippen LogP contribution in [0.3, 0.4) is 0 Å². The first kappa shape index (κ1) is 28.3. The number of amidine groups is 1. The molecule has 1 saturated heterocycles. The van der Waals surface area contributed by atoms with Crippen LogP contribution in [0.15, 0.2) is 88.5 Å². The molecule has 1 amide bonds. The highest BCUT2D eigenvalue weighted by molar-refractivity contribution is 6.03. The first-order valence-electron chi connectivity index (χ1n) is 14.3. The third kappa shape index (κ3) is 5.64. The van der Waals surface area contributed by atoms with Gasteiger partial charge in [0, 0.05) is 25.7 Å². The van der Waals surface area contributed by atoms with Gasteiger partial charge in [-0.05, 0) is 85.5 Å². The van der Waals surface area contributed by atoms with Gasteiger partial charge in [0.1, 0.15) is 17.3 Å². The maximum absolute atomic E-state index is 14.0. The predicted molar refractivity (Wildman–Crippen MR) is 164 cm³/mol. The first-order chi connectivity index (χ1) is 20.9. The molecule has 3 aromatic rings. The summed E-state index contributed by atoms with van der Waals surface area (Å²) in [6, 6.07) is 21.4. The second-order valence-electron chi connectivity index (χ2n) is 11.0. The van der Waals surface area contributed by atoms with E-state index >= 15 is 0 Å². The van der Waals surface area contributed by atoms with E-state index in [1.165, 1.54) is 17.0 Å². The minimum absolute atomic E-state index is 0.100. The molecule has 43 heavy (non-hydrogen) atoms. The Hall–Kier alpha value is -4.86. The minimum Gasteiger partial charge on any atom is -0.495 e. The monoisotopic (exact) mass is 583 g/mol. The molecule has 0 spiro atoms. The number of halogens is 1. The van der Waals surface area contributed by atoms with Crippen LogP contribution in [-0.4, -0.2) is 67.9 Å². The second-order valence-corrected chi connectivity index (χ2v) is 11.0. The number of carbonyl (C=O) groups excluding carboxylic acids is 1. The Kier molecular flexibility index (Phi) is 7.75. The van der Waals surface area contributed by atoms with E-state index < -0.39 is 11.8 Å². The van der Waals surface area contributed by atoms with Crippen molar-refractivity contribution in [2.45, 2.75) is 31.5 Å². The van der Waals surface area contributed by atoms with Crippen molar-refractivity contribution in [3.63, 3.8) is 0 Å². The molecule has 0 aliphatic carbocycles. The van der Waals surface area contributed by atoms with Crippen LogP contribution in [0.2, 0.25) is 0 Å². The van der Waals surface area contributed by atoms with Gasteiger partial charge in [0.05, 0.1) is 31.7 Å². The van der Waals surface area contributed by atoms with Crippen molar-refractivity contribution in [3.05, 3.63) is 95.3 Å². The van der Waals surface area contributed by atoms with E-state index in [1.54, 1.807) is 50.6 Å². The molecule has 3 aliphatic heterocycles. The van der Waals surface area contributed by atoms with Crippen molar-refractivity contribution in [2.24, 2.45) is 10.1 Å². The van der Waals surface area contributed by atoms with Crippen LogP contribution in [0.25, 0.3) is 6.08 Å². The number of likely N-dealkylation sites (N-methyl/N-ethyl adjacent to an activating group) is 1. The summed E-state index contributed by atoms with van der Waals surface area (Å²) in [5.41, 5.74) is 2.44. The van der Waals surface area contributed by atoms with Crippen LogP contribution in [0.1, 0.15) is 30.9 Å². The largest absolute Gasteiger partial charge is 0.495 e. The minimum atomic E-state index is -1.17. The van der Waals surface area contributed by atoms with Gasteiger partial charge in [0.15, 0.2) is 5.84 Å². The van der Waals surface area contributed by atoms with E-state index in [0.29, 0.717) is 23.7 Å². The lowest BCUT2D eigenvalue weighted by Gasteiger charge is -2.41. The van der Waals surface area contributed by atoms with Crippen molar-refractivity contribution < 1.29 is 23.5 Å². The quantitative estimate of drug-likeness (QED) is 0.346. The van der Waals surface area contributed by atoms with Crippen LogP contribution in [-0.2, 0) is 10.6 Å². The van der Waals surface area contributed by atoms with Crippen LogP contribution >= 0.6 is 0 Å². The Balaban J connectivity index is 1.29. The van der Waals surface area contributed by atoms with E-state index in [4.69, 9.17) is 14.3 Å². The molecule has 10 heteroatoms. The maximum Gasteiger partial charge on any atom is 0.415 e. The number of anilines is 1. The average molecular weight is 584 g/mol. The third-order valence-electron chi connectivity index (χ3n) is 7.87. The Labute approximate surface area is 250 Å². The summed E-state index contributed by atoms with van der Waals surface area (Å²) in [7, 11) is 3.32. The molecular formula is C33H34FN5O4. The number of methoxy groups -OCH3 is 1.